The van der Waals surface area contributed by atoms with E-state index >= 15 is 0 Å². The zero-order valence-corrected chi connectivity index (χ0v) is 15.5. The van der Waals surface area contributed by atoms with E-state index in [0.717, 1.165) is 22.7 Å². The van der Waals surface area contributed by atoms with Crippen LogP contribution >= 0.6 is 0 Å². The Bertz CT molecular complexity index is 679. The van der Waals surface area contributed by atoms with Gasteiger partial charge < -0.3 is 15.4 Å². The van der Waals surface area contributed by atoms with E-state index in [2.05, 4.69) is 30.5 Å². The van der Waals surface area contributed by atoms with Crippen LogP contribution in [0.3, 0.4) is 0 Å². The molecule has 2 aromatic rings. The third-order valence-electron chi connectivity index (χ3n) is 3.76. The highest BCUT2D eigenvalue weighted by molar-refractivity contribution is 5.91. The molecule has 2 N–H and O–H groups in total. The molecule has 0 radical (unpaired) electrons. The van der Waals surface area contributed by atoms with Crippen molar-refractivity contribution in [2.45, 2.75) is 46.1 Å². The zero-order chi connectivity index (χ0) is 18.2. The molecular weight excluding hydrogens is 312 g/mol. The minimum Gasteiger partial charge on any atom is -0.491 e. The van der Waals surface area contributed by atoms with Crippen LogP contribution in [0.1, 0.15) is 45.6 Å². The van der Waals surface area contributed by atoms with Gasteiger partial charge in [-0.2, -0.15) is 0 Å². The molecule has 1 amide bonds. The second-order valence-electron chi connectivity index (χ2n) is 6.66. The number of hydrogen-bond acceptors (Lipinski definition) is 3. The van der Waals surface area contributed by atoms with Crippen LogP contribution < -0.4 is 15.4 Å². The number of anilines is 2. The fraction of sp³-hybridized carbons (Fsp3) is 0.381. The molecule has 0 saturated carbocycles. The largest absolute Gasteiger partial charge is 0.491 e. The topological polar surface area (TPSA) is 50.4 Å². The lowest BCUT2D eigenvalue weighted by atomic mass is 10.0. The van der Waals surface area contributed by atoms with Gasteiger partial charge in [-0.15, -0.1) is 0 Å². The van der Waals surface area contributed by atoms with Crippen molar-refractivity contribution in [1.29, 1.82) is 0 Å². The number of para-hydroxylation sites is 1. The molecule has 0 aliphatic heterocycles. The lowest BCUT2D eigenvalue weighted by Crippen LogP contribution is -2.17. The van der Waals surface area contributed by atoms with E-state index in [4.69, 9.17) is 4.74 Å². The molecule has 2 rings (SSSR count). The highest BCUT2D eigenvalue weighted by atomic mass is 16.5. The summed E-state index contributed by atoms with van der Waals surface area (Å²) in [5.74, 6) is 1.24. The lowest BCUT2D eigenvalue weighted by Gasteiger charge is -2.14. The van der Waals surface area contributed by atoms with E-state index in [0.29, 0.717) is 18.9 Å². The van der Waals surface area contributed by atoms with Gasteiger partial charge in [0.05, 0.1) is 6.10 Å². The van der Waals surface area contributed by atoms with Crippen molar-refractivity contribution < 1.29 is 9.53 Å². The third-order valence-corrected chi connectivity index (χ3v) is 3.76. The van der Waals surface area contributed by atoms with E-state index in [1.807, 2.05) is 56.3 Å². The van der Waals surface area contributed by atoms with Crippen molar-refractivity contribution in [2.75, 3.05) is 17.2 Å². The molecule has 0 fully saturated rings. The molecule has 4 nitrogen and oxygen atoms in total. The Morgan fingerprint density at radius 2 is 1.68 bits per heavy atom. The standard InChI is InChI=1S/C21H28N2O2/c1-15(2)19-7-5-6-8-20(19)23-21(24)13-14-22-17-9-11-18(12-10-17)25-16(3)4/h5-12,15-16,22H,13-14H2,1-4H3,(H,23,24). The molecule has 0 saturated heterocycles. The van der Waals surface area contributed by atoms with Crippen molar-refractivity contribution in [3.8, 4) is 5.75 Å². The number of benzene rings is 2. The minimum atomic E-state index is 0.0142. The van der Waals surface area contributed by atoms with Crippen LogP contribution in [0.15, 0.2) is 48.5 Å². The molecule has 0 atom stereocenters. The first-order chi connectivity index (χ1) is 12.0. The smallest absolute Gasteiger partial charge is 0.226 e. The number of carbonyl (C=O) groups is 1. The molecule has 0 heterocycles. The van der Waals surface area contributed by atoms with Crippen LogP contribution in [-0.4, -0.2) is 18.6 Å². The quantitative estimate of drug-likeness (QED) is 0.708. The van der Waals surface area contributed by atoms with Gasteiger partial charge in [-0.25, -0.2) is 0 Å². The van der Waals surface area contributed by atoms with Crippen LogP contribution in [0.5, 0.6) is 5.75 Å². The predicted molar refractivity (Wildman–Crippen MR) is 104 cm³/mol. The van der Waals surface area contributed by atoms with Crippen LogP contribution in [0.4, 0.5) is 11.4 Å². The average molecular weight is 340 g/mol. The monoisotopic (exact) mass is 340 g/mol. The van der Waals surface area contributed by atoms with Crippen molar-refractivity contribution in [3.05, 3.63) is 54.1 Å². The van der Waals surface area contributed by atoms with Gasteiger partial charge in [-0.3, -0.25) is 4.79 Å². The van der Waals surface area contributed by atoms with Crippen LogP contribution in [-0.2, 0) is 4.79 Å². The highest BCUT2D eigenvalue weighted by Gasteiger charge is 2.09. The molecule has 0 bridgehead atoms. The molecule has 0 aliphatic carbocycles. The Morgan fingerprint density at radius 3 is 2.32 bits per heavy atom. The first-order valence-corrected chi connectivity index (χ1v) is 8.85. The molecule has 0 aliphatic rings. The fourth-order valence-electron chi connectivity index (χ4n) is 2.57. The first-order valence-electron chi connectivity index (χ1n) is 8.85. The van der Waals surface area contributed by atoms with Crippen LogP contribution in [0, 0.1) is 0 Å². The SMILES string of the molecule is CC(C)Oc1ccc(NCCC(=O)Nc2ccccc2C(C)C)cc1. The number of carbonyl (C=O) groups excluding carboxylic acids is 1. The van der Waals surface area contributed by atoms with Crippen molar-refractivity contribution >= 4 is 17.3 Å². The van der Waals surface area contributed by atoms with E-state index in [9.17, 15) is 4.79 Å². The number of hydrogen-bond donors (Lipinski definition) is 2. The van der Waals surface area contributed by atoms with E-state index < -0.39 is 0 Å². The summed E-state index contributed by atoms with van der Waals surface area (Å²) in [5, 5.41) is 6.27. The number of nitrogens with one attached hydrogen (secondary N) is 2. The normalized spacial score (nSPS) is 10.8. The maximum atomic E-state index is 12.2. The van der Waals surface area contributed by atoms with Crippen LogP contribution in [0.25, 0.3) is 0 Å². The molecule has 25 heavy (non-hydrogen) atoms. The van der Waals surface area contributed by atoms with E-state index in [-0.39, 0.29) is 12.0 Å². The van der Waals surface area contributed by atoms with Crippen LogP contribution in [0.2, 0.25) is 0 Å². The summed E-state index contributed by atoms with van der Waals surface area (Å²) in [6.45, 7) is 8.84. The summed E-state index contributed by atoms with van der Waals surface area (Å²) in [4.78, 5) is 12.2. The number of ether oxygens (including phenoxy) is 1. The number of amides is 1. The maximum Gasteiger partial charge on any atom is 0.226 e. The third kappa shape index (κ3) is 6.14. The van der Waals surface area contributed by atoms with Crippen molar-refractivity contribution in [3.63, 3.8) is 0 Å². The van der Waals surface area contributed by atoms with E-state index in [1.165, 1.54) is 0 Å². The van der Waals surface area contributed by atoms with Crippen molar-refractivity contribution in [1.82, 2.24) is 0 Å². The summed E-state index contributed by atoms with van der Waals surface area (Å²) in [6, 6.07) is 15.7. The van der Waals surface area contributed by atoms with Gasteiger partial charge in [0, 0.05) is 24.3 Å². The van der Waals surface area contributed by atoms with Gasteiger partial charge in [-0.05, 0) is 55.7 Å². The van der Waals surface area contributed by atoms with Gasteiger partial charge in [0.1, 0.15) is 5.75 Å². The Morgan fingerprint density at radius 1 is 1.00 bits per heavy atom. The van der Waals surface area contributed by atoms with Gasteiger partial charge in [0.25, 0.3) is 0 Å². The van der Waals surface area contributed by atoms with Gasteiger partial charge >= 0.3 is 0 Å². The molecular formula is C21H28N2O2. The second kappa shape index (κ2) is 9.11. The van der Waals surface area contributed by atoms with Gasteiger partial charge in [-0.1, -0.05) is 32.0 Å². The minimum absolute atomic E-state index is 0.0142. The summed E-state index contributed by atoms with van der Waals surface area (Å²) >= 11 is 0. The van der Waals surface area contributed by atoms with Gasteiger partial charge in [0.15, 0.2) is 0 Å². The number of rotatable bonds is 8. The highest BCUT2D eigenvalue weighted by Crippen LogP contribution is 2.23. The molecule has 0 spiro atoms. The Kier molecular flexibility index (Phi) is 6.87. The molecule has 0 aromatic heterocycles. The maximum absolute atomic E-state index is 12.2. The average Bonchev–Trinajstić information content (AvgIpc) is 2.56. The summed E-state index contributed by atoms with van der Waals surface area (Å²) in [7, 11) is 0. The molecule has 2 aromatic carbocycles. The lowest BCUT2D eigenvalue weighted by molar-refractivity contribution is -0.115. The second-order valence-corrected chi connectivity index (χ2v) is 6.66. The fourth-order valence-corrected chi connectivity index (χ4v) is 2.57. The van der Waals surface area contributed by atoms with Crippen molar-refractivity contribution in [2.24, 2.45) is 0 Å². The summed E-state index contributed by atoms with van der Waals surface area (Å²) in [5.41, 5.74) is 3.04. The summed E-state index contributed by atoms with van der Waals surface area (Å²) in [6.07, 6.45) is 0.577. The Balaban J connectivity index is 1.81. The predicted octanol–water partition coefficient (Wildman–Crippen LogP) is 5.04. The zero-order valence-electron chi connectivity index (χ0n) is 15.5. The molecule has 134 valence electrons. The first kappa shape index (κ1) is 18.8. The molecule has 0 unspecified atom stereocenters. The summed E-state index contributed by atoms with van der Waals surface area (Å²) < 4.78 is 5.62. The molecule has 4 heteroatoms. The van der Waals surface area contributed by atoms with E-state index in [1.54, 1.807) is 0 Å². The Hall–Kier alpha value is -2.49. The van der Waals surface area contributed by atoms with Gasteiger partial charge in [0.2, 0.25) is 5.91 Å². The Labute approximate surface area is 150 Å².